The lowest BCUT2D eigenvalue weighted by Crippen LogP contribution is -2.18. The molecule has 3 rings (SSSR count). The molecule has 2 heterocycles. The lowest BCUT2D eigenvalue weighted by molar-refractivity contribution is 0.0988. The third kappa shape index (κ3) is 3.49. The molecular weight excluding hydrogens is 344 g/mol. The van der Waals surface area contributed by atoms with Crippen molar-refractivity contribution in [2.24, 2.45) is 12.0 Å². The van der Waals surface area contributed by atoms with Crippen LogP contribution in [0.3, 0.4) is 0 Å². The van der Waals surface area contributed by atoms with Crippen molar-refractivity contribution in [3.05, 3.63) is 46.0 Å². The third-order valence-corrected chi connectivity index (χ3v) is 5.38. The summed E-state index contributed by atoms with van der Waals surface area (Å²) in [4.78, 5) is 17.7. The molecule has 0 saturated heterocycles. The summed E-state index contributed by atoms with van der Waals surface area (Å²) in [6.07, 6.45) is 10.6. The molecule has 0 aliphatic heterocycles. The summed E-state index contributed by atoms with van der Waals surface area (Å²) in [5.41, 5.74) is 3.63. The van der Waals surface area contributed by atoms with Gasteiger partial charge in [-0.2, -0.15) is 10.1 Å². The molecule has 0 saturated carbocycles. The molecule has 0 bridgehead atoms. The van der Waals surface area contributed by atoms with Gasteiger partial charge < -0.3 is 4.57 Å². The number of hydrogen-bond donors (Lipinski definition) is 0. The molecule has 1 amide bonds. The minimum atomic E-state index is -0.300. The van der Waals surface area contributed by atoms with Gasteiger partial charge in [0.25, 0.3) is 5.91 Å². The molecular formula is C20H22N4OS. The highest BCUT2D eigenvalue weighted by atomic mass is 32.1. The standard InChI is InChI=1S/C20H22N4OS/c1-5-7-8-15-9-10-16-17(12-15)26-20(24(16)11-6-2)22-19(25)18-14(3)13-21-23(18)4/h2,9-10,12-13H,5,7-8,11H2,1,3-4H3. The Morgan fingerprint density at radius 2 is 2.23 bits per heavy atom. The van der Waals surface area contributed by atoms with Gasteiger partial charge in [0.15, 0.2) is 4.80 Å². The van der Waals surface area contributed by atoms with E-state index in [0.29, 0.717) is 17.0 Å². The molecule has 0 N–H and O–H groups in total. The van der Waals surface area contributed by atoms with Crippen molar-refractivity contribution in [3.8, 4) is 12.3 Å². The molecule has 0 spiro atoms. The van der Waals surface area contributed by atoms with Crippen molar-refractivity contribution < 1.29 is 4.79 Å². The number of carbonyl (C=O) groups is 1. The second-order valence-corrected chi connectivity index (χ2v) is 7.31. The van der Waals surface area contributed by atoms with Crippen LogP contribution in [0.4, 0.5) is 0 Å². The van der Waals surface area contributed by atoms with Crippen molar-refractivity contribution in [2.75, 3.05) is 0 Å². The number of nitrogens with zero attached hydrogens (tertiary/aromatic N) is 4. The number of unbranched alkanes of at least 4 members (excludes halogenated alkanes) is 1. The second kappa shape index (κ2) is 7.71. The largest absolute Gasteiger partial charge is 0.305 e. The van der Waals surface area contributed by atoms with E-state index in [9.17, 15) is 4.79 Å². The van der Waals surface area contributed by atoms with Crippen molar-refractivity contribution >= 4 is 27.5 Å². The number of thiazole rings is 1. The van der Waals surface area contributed by atoms with Crippen LogP contribution in [0.25, 0.3) is 10.2 Å². The molecule has 134 valence electrons. The maximum atomic E-state index is 12.7. The van der Waals surface area contributed by atoms with Gasteiger partial charge in [-0.15, -0.1) is 6.42 Å². The van der Waals surface area contributed by atoms with E-state index in [1.54, 1.807) is 17.9 Å². The molecule has 0 aliphatic carbocycles. The Morgan fingerprint density at radius 3 is 2.88 bits per heavy atom. The summed E-state index contributed by atoms with van der Waals surface area (Å²) in [5.74, 6) is 2.36. The van der Waals surface area contributed by atoms with Crippen LogP contribution < -0.4 is 4.80 Å². The van der Waals surface area contributed by atoms with E-state index in [1.165, 1.54) is 23.3 Å². The molecule has 3 aromatic rings. The third-order valence-electron chi connectivity index (χ3n) is 4.34. The van der Waals surface area contributed by atoms with E-state index < -0.39 is 0 Å². The highest BCUT2D eigenvalue weighted by molar-refractivity contribution is 7.16. The minimum Gasteiger partial charge on any atom is -0.305 e. The zero-order chi connectivity index (χ0) is 18.7. The number of benzene rings is 1. The predicted octanol–water partition coefficient (Wildman–Crippen LogP) is 3.46. The summed E-state index contributed by atoms with van der Waals surface area (Å²) in [7, 11) is 1.75. The first-order chi connectivity index (χ1) is 12.5. The van der Waals surface area contributed by atoms with Gasteiger partial charge in [0.2, 0.25) is 0 Å². The number of rotatable bonds is 5. The molecule has 0 radical (unpaired) electrons. The van der Waals surface area contributed by atoms with E-state index in [-0.39, 0.29) is 5.91 Å². The number of terminal acetylenes is 1. The van der Waals surface area contributed by atoms with Crippen LogP contribution in [0.1, 0.15) is 41.4 Å². The van der Waals surface area contributed by atoms with Crippen LogP contribution in [0.15, 0.2) is 29.4 Å². The Kier molecular flexibility index (Phi) is 5.38. The molecule has 5 nitrogen and oxygen atoms in total. The summed E-state index contributed by atoms with van der Waals surface area (Å²) in [6.45, 7) is 4.43. The van der Waals surface area contributed by atoms with Crippen LogP contribution in [0.2, 0.25) is 0 Å². The monoisotopic (exact) mass is 366 g/mol. The Hall–Kier alpha value is -2.65. The quantitative estimate of drug-likeness (QED) is 0.649. The fraction of sp³-hybridized carbons (Fsp3) is 0.350. The van der Waals surface area contributed by atoms with Gasteiger partial charge >= 0.3 is 0 Å². The number of hydrogen-bond acceptors (Lipinski definition) is 3. The highest BCUT2D eigenvalue weighted by Crippen LogP contribution is 2.20. The van der Waals surface area contributed by atoms with E-state index in [2.05, 4.69) is 41.1 Å². The highest BCUT2D eigenvalue weighted by Gasteiger charge is 2.15. The van der Waals surface area contributed by atoms with Crippen LogP contribution in [0, 0.1) is 19.3 Å². The minimum absolute atomic E-state index is 0.300. The van der Waals surface area contributed by atoms with Gasteiger partial charge in [0.05, 0.1) is 23.0 Å². The molecule has 0 aliphatic rings. The Bertz CT molecular complexity index is 1040. The van der Waals surface area contributed by atoms with Gasteiger partial charge in [-0.1, -0.05) is 36.7 Å². The second-order valence-electron chi connectivity index (χ2n) is 6.30. The Labute approximate surface area is 157 Å². The smallest absolute Gasteiger partial charge is 0.298 e. The van der Waals surface area contributed by atoms with Gasteiger partial charge in [-0.25, -0.2) is 0 Å². The average molecular weight is 366 g/mol. The molecule has 0 atom stereocenters. The Balaban J connectivity index is 2.10. The van der Waals surface area contributed by atoms with Gasteiger partial charge in [0, 0.05) is 12.6 Å². The lowest BCUT2D eigenvalue weighted by atomic mass is 10.1. The first-order valence-electron chi connectivity index (χ1n) is 8.68. The van der Waals surface area contributed by atoms with E-state index >= 15 is 0 Å². The molecule has 1 aromatic carbocycles. The van der Waals surface area contributed by atoms with E-state index in [4.69, 9.17) is 6.42 Å². The van der Waals surface area contributed by atoms with Gasteiger partial charge in [0.1, 0.15) is 5.69 Å². The van der Waals surface area contributed by atoms with Crippen LogP contribution in [-0.2, 0) is 20.0 Å². The summed E-state index contributed by atoms with van der Waals surface area (Å²) >= 11 is 1.50. The zero-order valence-corrected chi connectivity index (χ0v) is 16.1. The average Bonchev–Trinajstić information content (AvgIpc) is 3.13. The number of fused-ring (bicyclic) bond motifs is 1. The van der Waals surface area contributed by atoms with Gasteiger partial charge in [-0.05, 0) is 37.5 Å². The maximum absolute atomic E-state index is 12.7. The number of carbonyl (C=O) groups excluding carboxylic acids is 1. The van der Waals surface area contributed by atoms with Crippen LogP contribution >= 0.6 is 11.3 Å². The fourth-order valence-corrected chi connectivity index (χ4v) is 4.07. The molecule has 2 aromatic heterocycles. The molecule has 6 heteroatoms. The van der Waals surface area contributed by atoms with Crippen molar-refractivity contribution in [2.45, 2.75) is 39.7 Å². The number of aromatic nitrogens is 3. The first-order valence-corrected chi connectivity index (χ1v) is 9.50. The Morgan fingerprint density at radius 1 is 1.42 bits per heavy atom. The number of amides is 1. The zero-order valence-electron chi connectivity index (χ0n) is 15.3. The first kappa shape index (κ1) is 18.2. The van der Waals surface area contributed by atoms with Crippen molar-refractivity contribution in [3.63, 3.8) is 0 Å². The fourth-order valence-electron chi connectivity index (χ4n) is 2.98. The summed E-state index contributed by atoms with van der Waals surface area (Å²) < 4.78 is 4.58. The lowest BCUT2D eigenvalue weighted by Gasteiger charge is -2.02. The van der Waals surface area contributed by atoms with Crippen molar-refractivity contribution in [1.82, 2.24) is 14.3 Å². The van der Waals surface area contributed by atoms with Crippen LogP contribution in [0.5, 0.6) is 0 Å². The van der Waals surface area contributed by atoms with Crippen LogP contribution in [-0.4, -0.2) is 20.3 Å². The normalized spacial score (nSPS) is 11.8. The summed E-state index contributed by atoms with van der Waals surface area (Å²) in [5, 5.41) is 4.12. The maximum Gasteiger partial charge on any atom is 0.298 e. The summed E-state index contributed by atoms with van der Waals surface area (Å²) in [6, 6.07) is 6.39. The SMILES string of the molecule is C#CCn1c(=NC(=O)c2c(C)cnn2C)sc2cc(CCCC)ccc21. The van der Waals surface area contributed by atoms with Crippen molar-refractivity contribution in [1.29, 1.82) is 0 Å². The molecule has 26 heavy (non-hydrogen) atoms. The molecule has 0 unspecified atom stereocenters. The number of aryl methyl sites for hydroxylation is 3. The van der Waals surface area contributed by atoms with E-state index in [0.717, 1.165) is 28.6 Å². The molecule has 0 fully saturated rings. The van der Waals surface area contributed by atoms with E-state index in [1.807, 2.05) is 11.5 Å². The topological polar surface area (TPSA) is 52.2 Å². The predicted molar refractivity (Wildman–Crippen MR) is 105 cm³/mol. The van der Waals surface area contributed by atoms with Gasteiger partial charge in [-0.3, -0.25) is 9.48 Å².